The van der Waals surface area contributed by atoms with Crippen molar-refractivity contribution < 1.29 is 14.0 Å². The molecule has 0 radical (unpaired) electrons. The molecular weight excluding hydrogens is 407 g/mol. The van der Waals surface area contributed by atoms with Crippen molar-refractivity contribution in [3.8, 4) is 0 Å². The fourth-order valence-corrected chi connectivity index (χ4v) is 3.56. The van der Waals surface area contributed by atoms with Gasteiger partial charge in [0.05, 0.1) is 0 Å². The van der Waals surface area contributed by atoms with Crippen molar-refractivity contribution in [2.45, 2.75) is 13.3 Å². The molecule has 6 nitrogen and oxygen atoms in total. The summed E-state index contributed by atoms with van der Waals surface area (Å²) in [5.74, 6) is -1.58. The molecule has 0 spiro atoms. The predicted molar refractivity (Wildman–Crippen MR) is 117 cm³/mol. The number of hydrogen-bond acceptors (Lipinski definition) is 4. The number of carbonyl (C=O) groups excluding carboxylic acids is 2. The van der Waals surface area contributed by atoms with Gasteiger partial charge in [-0.05, 0) is 61.9 Å². The lowest BCUT2D eigenvalue weighted by Gasteiger charge is -2.36. The van der Waals surface area contributed by atoms with Crippen LogP contribution in [-0.4, -0.2) is 56.0 Å². The molecule has 1 aliphatic heterocycles. The van der Waals surface area contributed by atoms with E-state index in [2.05, 4.69) is 20.4 Å². The van der Waals surface area contributed by atoms with Crippen LogP contribution in [-0.2, 0) is 9.59 Å². The number of rotatable bonds is 6. The quantitative estimate of drug-likeness (QED) is 0.544. The highest BCUT2D eigenvalue weighted by molar-refractivity contribution is 6.40. The van der Waals surface area contributed by atoms with E-state index in [4.69, 9.17) is 11.6 Å². The van der Waals surface area contributed by atoms with E-state index < -0.39 is 11.8 Å². The Labute approximate surface area is 181 Å². The van der Waals surface area contributed by atoms with E-state index in [1.807, 2.05) is 0 Å². The van der Waals surface area contributed by atoms with Gasteiger partial charge in [0.25, 0.3) is 0 Å². The molecule has 1 aliphatic rings. The third-order valence-corrected chi connectivity index (χ3v) is 5.63. The molecule has 0 unspecified atom stereocenters. The normalized spacial score (nSPS) is 14.4. The van der Waals surface area contributed by atoms with Crippen molar-refractivity contribution in [1.29, 1.82) is 0 Å². The Balaban J connectivity index is 1.34. The first-order valence-electron chi connectivity index (χ1n) is 10.0. The average Bonchev–Trinajstić information content (AvgIpc) is 2.75. The van der Waals surface area contributed by atoms with E-state index in [0.717, 1.165) is 50.4 Å². The first-order chi connectivity index (χ1) is 14.4. The van der Waals surface area contributed by atoms with Gasteiger partial charge in [-0.1, -0.05) is 17.7 Å². The van der Waals surface area contributed by atoms with Crippen LogP contribution in [0.15, 0.2) is 42.5 Å². The van der Waals surface area contributed by atoms with Gasteiger partial charge in [0.2, 0.25) is 0 Å². The second-order valence-electron chi connectivity index (χ2n) is 7.28. The van der Waals surface area contributed by atoms with Crippen molar-refractivity contribution >= 4 is 34.8 Å². The molecule has 1 heterocycles. The number of halogens is 2. The molecule has 8 heteroatoms. The zero-order valence-corrected chi connectivity index (χ0v) is 17.7. The first kappa shape index (κ1) is 22.1. The molecule has 30 heavy (non-hydrogen) atoms. The molecule has 3 rings (SSSR count). The van der Waals surface area contributed by atoms with Gasteiger partial charge in [0.15, 0.2) is 0 Å². The van der Waals surface area contributed by atoms with Crippen molar-refractivity contribution in [2.75, 3.05) is 49.5 Å². The van der Waals surface area contributed by atoms with Crippen LogP contribution in [0.2, 0.25) is 5.02 Å². The maximum absolute atomic E-state index is 13.1. The van der Waals surface area contributed by atoms with Gasteiger partial charge in [-0.15, -0.1) is 0 Å². The predicted octanol–water partition coefficient (Wildman–Crippen LogP) is 3.05. The maximum Gasteiger partial charge on any atom is 0.313 e. The topological polar surface area (TPSA) is 64.7 Å². The third kappa shape index (κ3) is 5.93. The molecule has 2 N–H and O–H groups in total. The summed E-state index contributed by atoms with van der Waals surface area (Å²) >= 11 is 6.03. The summed E-state index contributed by atoms with van der Waals surface area (Å²) in [6.45, 7) is 6.61. The minimum absolute atomic E-state index is 0.226. The second kappa shape index (κ2) is 10.4. The highest BCUT2D eigenvalue weighted by Gasteiger charge is 2.18. The van der Waals surface area contributed by atoms with E-state index in [-0.39, 0.29) is 5.82 Å². The molecule has 2 aromatic carbocycles. The summed E-state index contributed by atoms with van der Waals surface area (Å²) in [6, 6.07) is 11.7. The summed E-state index contributed by atoms with van der Waals surface area (Å²) in [5, 5.41) is 5.78. The Hall–Kier alpha value is -2.64. The Kier molecular flexibility index (Phi) is 7.65. The minimum atomic E-state index is -0.701. The number of nitrogens with zero attached hydrogens (tertiary/aromatic N) is 2. The van der Waals surface area contributed by atoms with E-state index in [0.29, 0.717) is 17.3 Å². The zero-order chi connectivity index (χ0) is 21.5. The third-order valence-electron chi connectivity index (χ3n) is 5.22. The average molecular weight is 433 g/mol. The summed E-state index contributed by atoms with van der Waals surface area (Å²) in [5.41, 5.74) is 2.28. The molecule has 1 fully saturated rings. The number of anilines is 2. The summed E-state index contributed by atoms with van der Waals surface area (Å²) < 4.78 is 13.1. The lowest BCUT2D eigenvalue weighted by atomic mass is 10.2. The number of carbonyl (C=O) groups is 2. The fraction of sp³-hybridized carbons (Fsp3) is 0.364. The molecule has 1 saturated heterocycles. The molecule has 2 aromatic rings. The van der Waals surface area contributed by atoms with Gasteiger partial charge in [-0.3, -0.25) is 14.5 Å². The summed E-state index contributed by atoms with van der Waals surface area (Å²) in [6.07, 6.45) is 0.756. The van der Waals surface area contributed by atoms with Gasteiger partial charge in [-0.2, -0.15) is 0 Å². The van der Waals surface area contributed by atoms with Crippen LogP contribution in [0.3, 0.4) is 0 Å². The van der Waals surface area contributed by atoms with Gasteiger partial charge >= 0.3 is 11.8 Å². The first-order valence-corrected chi connectivity index (χ1v) is 10.4. The number of amides is 2. The van der Waals surface area contributed by atoms with Crippen molar-refractivity contribution in [3.05, 3.63) is 58.9 Å². The number of benzene rings is 2. The van der Waals surface area contributed by atoms with Crippen LogP contribution in [0.4, 0.5) is 15.8 Å². The monoisotopic (exact) mass is 432 g/mol. The number of piperazine rings is 1. The number of hydrogen-bond donors (Lipinski definition) is 2. The van der Waals surface area contributed by atoms with Crippen LogP contribution in [0, 0.1) is 12.7 Å². The molecular formula is C22H26ClFN4O2. The standard InChI is InChI=1S/C22H26ClFN4O2/c1-16-19(23)4-2-5-20(16)26-22(30)21(29)25-10-3-11-27-12-14-28(15-13-27)18-8-6-17(24)7-9-18/h2,4-9H,3,10-15H2,1H3,(H,25,29)(H,26,30). The highest BCUT2D eigenvalue weighted by Crippen LogP contribution is 2.22. The smallest absolute Gasteiger partial charge is 0.313 e. The summed E-state index contributed by atoms with van der Waals surface area (Å²) in [4.78, 5) is 28.6. The van der Waals surface area contributed by atoms with Gasteiger partial charge < -0.3 is 15.5 Å². The Bertz CT molecular complexity index is 883. The van der Waals surface area contributed by atoms with Crippen LogP contribution in [0.25, 0.3) is 0 Å². The second-order valence-corrected chi connectivity index (χ2v) is 7.69. The van der Waals surface area contributed by atoms with Crippen LogP contribution >= 0.6 is 11.6 Å². The minimum Gasteiger partial charge on any atom is -0.369 e. The lowest BCUT2D eigenvalue weighted by Crippen LogP contribution is -2.47. The van der Waals surface area contributed by atoms with E-state index in [9.17, 15) is 14.0 Å². The van der Waals surface area contributed by atoms with E-state index in [1.54, 1.807) is 37.3 Å². The van der Waals surface area contributed by atoms with Gasteiger partial charge in [0, 0.05) is 49.1 Å². The molecule has 0 saturated carbocycles. The molecule has 0 aromatic heterocycles. The van der Waals surface area contributed by atoms with Crippen molar-refractivity contribution in [3.63, 3.8) is 0 Å². The largest absolute Gasteiger partial charge is 0.369 e. The molecule has 0 bridgehead atoms. The van der Waals surface area contributed by atoms with Crippen molar-refractivity contribution in [1.82, 2.24) is 10.2 Å². The van der Waals surface area contributed by atoms with Gasteiger partial charge in [0.1, 0.15) is 5.82 Å². The molecule has 0 atom stereocenters. The fourth-order valence-electron chi connectivity index (χ4n) is 3.39. The highest BCUT2D eigenvalue weighted by atomic mass is 35.5. The van der Waals surface area contributed by atoms with Gasteiger partial charge in [-0.25, -0.2) is 4.39 Å². The van der Waals surface area contributed by atoms with Crippen LogP contribution < -0.4 is 15.5 Å². The van der Waals surface area contributed by atoms with Crippen LogP contribution in [0.1, 0.15) is 12.0 Å². The Morgan fingerprint density at radius 3 is 2.43 bits per heavy atom. The Morgan fingerprint density at radius 1 is 1.03 bits per heavy atom. The van der Waals surface area contributed by atoms with Crippen molar-refractivity contribution in [2.24, 2.45) is 0 Å². The Morgan fingerprint density at radius 2 is 1.73 bits per heavy atom. The molecule has 0 aliphatic carbocycles. The number of nitrogens with one attached hydrogen (secondary N) is 2. The molecule has 160 valence electrons. The lowest BCUT2D eigenvalue weighted by molar-refractivity contribution is -0.136. The van der Waals surface area contributed by atoms with E-state index >= 15 is 0 Å². The molecule has 2 amide bonds. The summed E-state index contributed by atoms with van der Waals surface area (Å²) in [7, 11) is 0. The zero-order valence-electron chi connectivity index (χ0n) is 17.0. The SMILES string of the molecule is Cc1c(Cl)cccc1NC(=O)C(=O)NCCCN1CCN(c2ccc(F)cc2)CC1. The maximum atomic E-state index is 13.1. The van der Waals surface area contributed by atoms with E-state index in [1.165, 1.54) is 12.1 Å². The van der Waals surface area contributed by atoms with Crippen LogP contribution in [0.5, 0.6) is 0 Å².